The van der Waals surface area contributed by atoms with Crippen LogP contribution in [0.4, 0.5) is 0 Å². The number of hydrogen-bond acceptors (Lipinski definition) is 5. The lowest BCUT2D eigenvalue weighted by Gasteiger charge is -2.51. The molecule has 25 heavy (non-hydrogen) atoms. The Morgan fingerprint density at radius 3 is 2.80 bits per heavy atom. The van der Waals surface area contributed by atoms with E-state index in [0.29, 0.717) is 6.61 Å². The lowest BCUT2D eigenvalue weighted by Crippen LogP contribution is -2.57. The molecular weight excluding hydrogens is 320 g/mol. The number of carbonyl (C=O) groups is 1. The van der Waals surface area contributed by atoms with Crippen LogP contribution in [0.15, 0.2) is 0 Å². The summed E-state index contributed by atoms with van der Waals surface area (Å²) in [7, 11) is 3.54. The first-order chi connectivity index (χ1) is 12.1. The molecule has 6 nitrogen and oxygen atoms in total. The highest BCUT2D eigenvalue weighted by Gasteiger charge is 2.46. The van der Waals surface area contributed by atoms with Gasteiger partial charge in [0.25, 0.3) is 0 Å². The number of fused-ring (bicyclic) bond motifs is 1. The summed E-state index contributed by atoms with van der Waals surface area (Å²) in [5.41, 5.74) is 0.0499. The molecule has 3 saturated heterocycles. The van der Waals surface area contributed by atoms with Gasteiger partial charge in [-0.2, -0.15) is 0 Å². The largest absolute Gasteiger partial charge is 0.381 e. The van der Waals surface area contributed by atoms with Gasteiger partial charge in [-0.15, -0.1) is 0 Å². The van der Waals surface area contributed by atoms with Crippen molar-refractivity contribution in [1.29, 1.82) is 0 Å². The third-order valence-electron chi connectivity index (χ3n) is 6.04. The first-order valence-corrected chi connectivity index (χ1v) is 9.79. The Labute approximate surface area is 151 Å². The van der Waals surface area contributed by atoms with Crippen LogP contribution >= 0.6 is 0 Å². The Bertz CT molecular complexity index is 439. The number of likely N-dealkylation sites (N-methyl/N-ethyl adjacent to an activating group) is 1. The van der Waals surface area contributed by atoms with Crippen LogP contribution in [0.3, 0.4) is 0 Å². The van der Waals surface area contributed by atoms with Gasteiger partial charge in [0, 0.05) is 59.0 Å². The molecule has 0 N–H and O–H groups in total. The molecule has 144 valence electrons. The van der Waals surface area contributed by atoms with E-state index < -0.39 is 0 Å². The lowest BCUT2D eigenvalue weighted by molar-refractivity contribution is -0.160. The number of hydrogen-bond donors (Lipinski definition) is 0. The Morgan fingerprint density at radius 2 is 2.04 bits per heavy atom. The molecule has 0 aromatic heterocycles. The highest BCUT2D eigenvalue weighted by molar-refractivity contribution is 5.76. The van der Waals surface area contributed by atoms with Crippen molar-refractivity contribution < 1.29 is 19.0 Å². The molecule has 1 amide bonds. The Kier molecular flexibility index (Phi) is 6.72. The van der Waals surface area contributed by atoms with Crippen molar-refractivity contribution in [2.75, 3.05) is 66.8 Å². The number of nitrogens with zero attached hydrogens (tertiary/aromatic N) is 2. The monoisotopic (exact) mass is 354 g/mol. The summed E-state index contributed by atoms with van der Waals surface area (Å²) in [5.74, 6) is 0.780. The third-order valence-corrected chi connectivity index (χ3v) is 6.04. The van der Waals surface area contributed by atoms with Crippen molar-refractivity contribution >= 4 is 5.91 Å². The van der Waals surface area contributed by atoms with Gasteiger partial charge in [0.2, 0.25) is 5.91 Å². The number of carbonyl (C=O) groups excluding carboxylic acids is 1. The summed E-state index contributed by atoms with van der Waals surface area (Å²) >= 11 is 0. The Hall–Kier alpha value is -0.690. The van der Waals surface area contributed by atoms with E-state index in [1.165, 1.54) is 12.8 Å². The van der Waals surface area contributed by atoms with Crippen molar-refractivity contribution in [3.8, 4) is 0 Å². The van der Waals surface area contributed by atoms with E-state index in [-0.39, 0.29) is 24.0 Å². The molecule has 3 rings (SSSR count). The molecule has 3 aliphatic heterocycles. The van der Waals surface area contributed by atoms with Crippen LogP contribution in [0, 0.1) is 11.3 Å². The van der Waals surface area contributed by atoms with Gasteiger partial charge in [-0.1, -0.05) is 0 Å². The fourth-order valence-corrected chi connectivity index (χ4v) is 4.51. The van der Waals surface area contributed by atoms with E-state index >= 15 is 0 Å². The quantitative estimate of drug-likeness (QED) is 0.721. The number of likely N-dealkylation sites (tertiary alicyclic amines) is 1. The lowest BCUT2D eigenvalue weighted by atomic mass is 9.72. The van der Waals surface area contributed by atoms with Crippen LogP contribution in [0.1, 0.15) is 32.1 Å². The number of ether oxygens (including phenoxy) is 3. The molecule has 0 unspecified atom stereocenters. The van der Waals surface area contributed by atoms with Crippen molar-refractivity contribution in [2.24, 2.45) is 11.3 Å². The fraction of sp³-hybridized carbons (Fsp3) is 0.947. The summed E-state index contributed by atoms with van der Waals surface area (Å²) < 4.78 is 17.5. The maximum absolute atomic E-state index is 11.8. The van der Waals surface area contributed by atoms with Crippen LogP contribution in [0.5, 0.6) is 0 Å². The average Bonchev–Trinajstić information content (AvgIpc) is 2.62. The van der Waals surface area contributed by atoms with Gasteiger partial charge >= 0.3 is 0 Å². The second kappa shape index (κ2) is 8.80. The van der Waals surface area contributed by atoms with E-state index in [0.717, 1.165) is 64.6 Å². The van der Waals surface area contributed by atoms with Gasteiger partial charge in [0.15, 0.2) is 0 Å². The van der Waals surface area contributed by atoms with Gasteiger partial charge < -0.3 is 24.0 Å². The minimum Gasteiger partial charge on any atom is -0.381 e. The maximum Gasteiger partial charge on any atom is 0.248 e. The number of amides is 1. The maximum atomic E-state index is 11.8. The van der Waals surface area contributed by atoms with Crippen LogP contribution in [-0.2, 0) is 19.0 Å². The number of piperidine rings is 1. The minimum atomic E-state index is 0.0274. The summed E-state index contributed by atoms with van der Waals surface area (Å²) in [6, 6.07) is 0. The molecule has 6 heteroatoms. The molecule has 0 aromatic carbocycles. The SMILES string of the molecule is CN(C)C(=O)COC[C@@]12CCCO[C@@H]1CCN(CC1CCOCC1)C2. The van der Waals surface area contributed by atoms with Gasteiger partial charge in [-0.25, -0.2) is 0 Å². The predicted octanol–water partition coefficient (Wildman–Crippen LogP) is 1.39. The molecular formula is C19H34N2O4. The van der Waals surface area contributed by atoms with Crippen LogP contribution in [0.25, 0.3) is 0 Å². The zero-order valence-electron chi connectivity index (χ0n) is 15.9. The van der Waals surface area contributed by atoms with E-state index in [4.69, 9.17) is 14.2 Å². The van der Waals surface area contributed by atoms with Crippen molar-refractivity contribution in [3.05, 3.63) is 0 Å². The predicted molar refractivity (Wildman–Crippen MR) is 95.5 cm³/mol. The summed E-state index contributed by atoms with van der Waals surface area (Å²) in [4.78, 5) is 16.0. The fourth-order valence-electron chi connectivity index (χ4n) is 4.51. The molecule has 0 radical (unpaired) electrons. The van der Waals surface area contributed by atoms with Gasteiger partial charge in [0.05, 0.1) is 12.7 Å². The molecule has 0 aliphatic carbocycles. The molecule has 0 spiro atoms. The van der Waals surface area contributed by atoms with E-state index in [2.05, 4.69) is 4.90 Å². The highest BCUT2D eigenvalue weighted by atomic mass is 16.5. The average molecular weight is 354 g/mol. The Morgan fingerprint density at radius 1 is 1.24 bits per heavy atom. The van der Waals surface area contributed by atoms with E-state index in [1.807, 2.05) is 0 Å². The zero-order chi connectivity index (χ0) is 17.7. The van der Waals surface area contributed by atoms with Crippen molar-refractivity contribution in [3.63, 3.8) is 0 Å². The second-order valence-electron chi connectivity index (χ2n) is 8.19. The summed E-state index contributed by atoms with van der Waals surface area (Å²) in [6.07, 6.45) is 5.94. The minimum absolute atomic E-state index is 0.0274. The molecule has 0 aromatic rings. The smallest absolute Gasteiger partial charge is 0.248 e. The third kappa shape index (κ3) is 4.94. The topological polar surface area (TPSA) is 51.2 Å². The standard InChI is InChI=1S/C19H34N2O4/c1-20(2)18(22)13-24-15-19-7-3-9-25-17(19)4-8-21(14-19)12-16-5-10-23-11-6-16/h16-17H,3-15H2,1-2H3/t17-,19+/m1/s1. The number of rotatable bonds is 6. The van der Waals surface area contributed by atoms with Crippen molar-refractivity contribution in [2.45, 2.75) is 38.2 Å². The molecule has 3 fully saturated rings. The molecule has 0 bridgehead atoms. The molecule has 2 atom stereocenters. The molecule has 3 aliphatic rings. The van der Waals surface area contributed by atoms with E-state index in [9.17, 15) is 4.79 Å². The zero-order valence-corrected chi connectivity index (χ0v) is 15.9. The normalized spacial score (nSPS) is 31.5. The van der Waals surface area contributed by atoms with Crippen LogP contribution in [0.2, 0.25) is 0 Å². The summed E-state index contributed by atoms with van der Waals surface area (Å²) in [5, 5.41) is 0. The van der Waals surface area contributed by atoms with Gasteiger partial charge in [-0.05, 0) is 38.0 Å². The first-order valence-electron chi connectivity index (χ1n) is 9.79. The highest BCUT2D eigenvalue weighted by Crippen LogP contribution is 2.40. The van der Waals surface area contributed by atoms with Crippen molar-refractivity contribution in [1.82, 2.24) is 9.80 Å². The molecule has 3 heterocycles. The van der Waals surface area contributed by atoms with Crippen LogP contribution in [-0.4, -0.2) is 88.6 Å². The van der Waals surface area contributed by atoms with Gasteiger partial charge in [0.1, 0.15) is 6.61 Å². The van der Waals surface area contributed by atoms with Crippen LogP contribution < -0.4 is 0 Å². The molecule has 0 saturated carbocycles. The first kappa shape index (κ1) is 19.1. The van der Waals surface area contributed by atoms with E-state index in [1.54, 1.807) is 19.0 Å². The van der Waals surface area contributed by atoms with Gasteiger partial charge in [-0.3, -0.25) is 4.79 Å². The summed E-state index contributed by atoms with van der Waals surface area (Å²) in [6.45, 7) is 6.78. The second-order valence-corrected chi connectivity index (χ2v) is 8.19. The Balaban J connectivity index is 1.57.